The highest BCUT2D eigenvalue weighted by atomic mass is 16.6. The number of aromatic nitrogens is 1. The molecule has 1 aromatic heterocycles. The minimum absolute atomic E-state index is 0.0963. The van der Waals surface area contributed by atoms with Gasteiger partial charge in [-0.3, -0.25) is 10.1 Å². The van der Waals surface area contributed by atoms with Crippen LogP contribution in [0.5, 0.6) is 0 Å². The van der Waals surface area contributed by atoms with Gasteiger partial charge < -0.3 is 4.90 Å². The van der Waals surface area contributed by atoms with Crippen molar-refractivity contribution in [2.75, 3.05) is 18.5 Å². The third-order valence-electron chi connectivity index (χ3n) is 2.82. The largest absolute Gasteiger partial charge is 0.360 e. The molecule has 2 aromatic rings. The standard InChI is InChI=1S/C13H15N3O2/c1-3-8-15(2)13-7-4-10-9-11(16(17)18)5-6-12(10)14-13/h4-7,9H,3,8H2,1-2H3. The van der Waals surface area contributed by atoms with Crippen molar-refractivity contribution in [3.8, 4) is 0 Å². The zero-order chi connectivity index (χ0) is 13.1. The number of non-ortho nitro benzene ring substituents is 1. The number of anilines is 1. The van der Waals surface area contributed by atoms with Crippen LogP contribution in [0.3, 0.4) is 0 Å². The molecule has 18 heavy (non-hydrogen) atoms. The summed E-state index contributed by atoms with van der Waals surface area (Å²) < 4.78 is 0. The van der Waals surface area contributed by atoms with E-state index in [1.807, 2.05) is 19.2 Å². The summed E-state index contributed by atoms with van der Waals surface area (Å²) in [7, 11) is 1.99. The quantitative estimate of drug-likeness (QED) is 0.613. The molecule has 1 aromatic carbocycles. The highest BCUT2D eigenvalue weighted by Crippen LogP contribution is 2.22. The first kappa shape index (κ1) is 12.3. The summed E-state index contributed by atoms with van der Waals surface area (Å²) in [6, 6.07) is 8.49. The predicted molar refractivity (Wildman–Crippen MR) is 72.0 cm³/mol. The summed E-state index contributed by atoms with van der Waals surface area (Å²) >= 11 is 0. The average Bonchev–Trinajstić information content (AvgIpc) is 2.37. The Morgan fingerprint density at radius 2 is 2.11 bits per heavy atom. The second-order valence-electron chi connectivity index (χ2n) is 4.23. The van der Waals surface area contributed by atoms with E-state index >= 15 is 0 Å². The summed E-state index contributed by atoms with van der Waals surface area (Å²) in [5.74, 6) is 0.887. The van der Waals surface area contributed by atoms with Crippen LogP contribution in [0, 0.1) is 10.1 Å². The smallest absolute Gasteiger partial charge is 0.270 e. The Bertz CT molecular complexity index is 583. The molecule has 0 saturated heterocycles. The molecule has 0 radical (unpaired) electrons. The van der Waals surface area contributed by atoms with Crippen molar-refractivity contribution in [1.29, 1.82) is 0 Å². The molecule has 0 bridgehead atoms. The first-order valence-corrected chi connectivity index (χ1v) is 5.88. The van der Waals surface area contributed by atoms with Crippen LogP contribution in [0.15, 0.2) is 30.3 Å². The monoisotopic (exact) mass is 245 g/mol. The Balaban J connectivity index is 2.41. The van der Waals surface area contributed by atoms with E-state index in [0.29, 0.717) is 0 Å². The molecule has 0 unspecified atom stereocenters. The number of nitrogens with zero attached hydrogens (tertiary/aromatic N) is 3. The highest BCUT2D eigenvalue weighted by Gasteiger charge is 2.08. The number of rotatable bonds is 4. The van der Waals surface area contributed by atoms with Crippen LogP contribution in [0.1, 0.15) is 13.3 Å². The molecule has 0 N–H and O–H groups in total. The van der Waals surface area contributed by atoms with Gasteiger partial charge in [-0.05, 0) is 24.6 Å². The normalized spacial score (nSPS) is 10.6. The SMILES string of the molecule is CCCN(C)c1ccc2cc([N+](=O)[O-])ccc2n1. The number of hydrogen-bond donors (Lipinski definition) is 0. The lowest BCUT2D eigenvalue weighted by Crippen LogP contribution is -2.18. The number of hydrogen-bond acceptors (Lipinski definition) is 4. The molecule has 0 aliphatic carbocycles. The molecule has 94 valence electrons. The van der Waals surface area contributed by atoms with Gasteiger partial charge in [0.15, 0.2) is 0 Å². The van der Waals surface area contributed by atoms with E-state index in [2.05, 4.69) is 16.8 Å². The van der Waals surface area contributed by atoms with Crippen molar-refractivity contribution in [3.63, 3.8) is 0 Å². The Kier molecular flexibility index (Phi) is 3.41. The van der Waals surface area contributed by atoms with Crippen molar-refractivity contribution >= 4 is 22.4 Å². The maximum atomic E-state index is 10.7. The minimum Gasteiger partial charge on any atom is -0.360 e. The fourth-order valence-corrected chi connectivity index (χ4v) is 1.88. The zero-order valence-corrected chi connectivity index (χ0v) is 10.5. The maximum absolute atomic E-state index is 10.7. The van der Waals surface area contributed by atoms with Crippen molar-refractivity contribution in [3.05, 3.63) is 40.4 Å². The van der Waals surface area contributed by atoms with Gasteiger partial charge in [0.2, 0.25) is 0 Å². The third kappa shape index (κ3) is 2.40. The van der Waals surface area contributed by atoms with Gasteiger partial charge in [-0.1, -0.05) is 6.92 Å². The van der Waals surface area contributed by atoms with Crippen molar-refractivity contribution < 1.29 is 4.92 Å². The third-order valence-corrected chi connectivity index (χ3v) is 2.82. The second kappa shape index (κ2) is 5.00. The number of nitro groups is 1. The fraction of sp³-hybridized carbons (Fsp3) is 0.308. The van der Waals surface area contributed by atoms with Gasteiger partial charge in [0.05, 0.1) is 10.4 Å². The second-order valence-corrected chi connectivity index (χ2v) is 4.23. The maximum Gasteiger partial charge on any atom is 0.270 e. The Hall–Kier alpha value is -2.17. The summed E-state index contributed by atoms with van der Waals surface area (Å²) in [5, 5.41) is 11.5. The van der Waals surface area contributed by atoms with Gasteiger partial charge in [-0.2, -0.15) is 0 Å². The topological polar surface area (TPSA) is 59.3 Å². The van der Waals surface area contributed by atoms with Crippen LogP contribution in [0.4, 0.5) is 11.5 Å². The van der Waals surface area contributed by atoms with E-state index in [4.69, 9.17) is 0 Å². The number of nitro benzene ring substituents is 1. The molecule has 0 atom stereocenters. The fourth-order valence-electron chi connectivity index (χ4n) is 1.88. The average molecular weight is 245 g/mol. The molecule has 0 fully saturated rings. The van der Waals surface area contributed by atoms with Gasteiger partial charge >= 0.3 is 0 Å². The van der Waals surface area contributed by atoms with Gasteiger partial charge in [0.25, 0.3) is 5.69 Å². The number of pyridine rings is 1. The van der Waals surface area contributed by atoms with Crippen molar-refractivity contribution in [2.24, 2.45) is 0 Å². The van der Waals surface area contributed by atoms with Crippen LogP contribution in [0.25, 0.3) is 10.9 Å². The first-order chi connectivity index (χ1) is 8.61. The van der Waals surface area contributed by atoms with Crippen molar-refractivity contribution in [1.82, 2.24) is 4.98 Å². The van der Waals surface area contributed by atoms with E-state index in [1.54, 1.807) is 12.1 Å². The minimum atomic E-state index is -0.392. The van der Waals surface area contributed by atoms with Crippen LogP contribution < -0.4 is 4.90 Å². The van der Waals surface area contributed by atoms with E-state index < -0.39 is 4.92 Å². The molecule has 5 nitrogen and oxygen atoms in total. The molecular formula is C13H15N3O2. The van der Waals surface area contributed by atoms with Crippen molar-refractivity contribution in [2.45, 2.75) is 13.3 Å². The molecule has 0 saturated carbocycles. The van der Waals surface area contributed by atoms with Crippen LogP contribution >= 0.6 is 0 Å². The molecular weight excluding hydrogens is 230 g/mol. The molecule has 1 heterocycles. The number of benzene rings is 1. The van der Waals surface area contributed by atoms with E-state index in [1.165, 1.54) is 6.07 Å². The Morgan fingerprint density at radius 3 is 2.78 bits per heavy atom. The Labute approximate surface area is 105 Å². The molecule has 0 aliphatic rings. The lowest BCUT2D eigenvalue weighted by Gasteiger charge is -2.17. The zero-order valence-electron chi connectivity index (χ0n) is 10.5. The van der Waals surface area contributed by atoms with E-state index in [0.717, 1.165) is 29.7 Å². The first-order valence-electron chi connectivity index (χ1n) is 5.88. The van der Waals surface area contributed by atoms with E-state index in [9.17, 15) is 10.1 Å². The summed E-state index contributed by atoms with van der Waals surface area (Å²) in [6.45, 7) is 3.05. The van der Waals surface area contributed by atoms with Crippen LogP contribution in [-0.4, -0.2) is 23.5 Å². The molecule has 0 aliphatic heterocycles. The summed E-state index contributed by atoms with van der Waals surface area (Å²) in [6.07, 6.45) is 1.05. The summed E-state index contributed by atoms with van der Waals surface area (Å²) in [4.78, 5) is 16.9. The highest BCUT2D eigenvalue weighted by molar-refractivity contribution is 5.82. The predicted octanol–water partition coefficient (Wildman–Crippen LogP) is 2.99. The lowest BCUT2D eigenvalue weighted by molar-refractivity contribution is -0.384. The Morgan fingerprint density at radius 1 is 1.33 bits per heavy atom. The summed E-state index contributed by atoms with van der Waals surface area (Å²) in [5.41, 5.74) is 0.875. The van der Waals surface area contributed by atoms with Gasteiger partial charge in [-0.15, -0.1) is 0 Å². The van der Waals surface area contributed by atoms with E-state index in [-0.39, 0.29) is 5.69 Å². The lowest BCUT2D eigenvalue weighted by atomic mass is 10.2. The molecule has 0 amide bonds. The molecule has 5 heteroatoms. The van der Waals surface area contributed by atoms with Crippen LogP contribution in [0.2, 0.25) is 0 Å². The van der Waals surface area contributed by atoms with Gasteiger partial charge in [0, 0.05) is 31.1 Å². The van der Waals surface area contributed by atoms with Crippen LogP contribution in [-0.2, 0) is 0 Å². The van der Waals surface area contributed by atoms with Gasteiger partial charge in [-0.25, -0.2) is 4.98 Å². The number of fused-ring (bicyclic) bond motifs is 1. The van der Waals surface area contributed by atoms with Gasteiger partial charge in [0.1, 0.15) is 5.82 Å². The molecule has 0 spiro atoms. The molecule has 2 rings (SSSR count).